The maximum atomic E-state index is 5.53. The van der Waals surface area contributed by atoms with E-state index in [1.807, 2.05) is 6.07 Å². The van der Waals surface area contributed by atoms with Gasteiger partial charge < -0.3 is 14.4 Å². The van der Waals surface area contributed by atoms with Gasteiger partial charge in [0.2, 0.25) is 0 Å². The molecule has 0 unspecified atom stereocenters. The van der Waals surface area contributed by atoms with Crippen LogP contribution in [0.5, 0.6) is 11.5 Å². The summed E-state index contributed by atoms with van der Waals surface area (Å²) in [4.78, 5) is 7.18. The molecule has 0 saturated carbocycles. The summed E-state index contributed by atoms with van der Waals surface area (Å²) in [7, 11) is 3.34. The molecule has 0 bridgehead atoms. The molecule has 0 saturated heterocycles. The van der Waals surface area contributed by atoms with Crippen LogP contribution in [0.25, 0.3) is 0 Å². The minimum atomic E-state index is 0.348. The number of hydrogen-bond donors (Lipinski definition) is 0. The third-order valence-electron chi connectivity index (χ3n) is 4.92. The number of rotatable bonds is 5. The smallest absolute Gasteiger partial charge is 0.162 e. The minimum Gasteiger partial charge on any atom is -0.493 e. The molecule has 0 aromatic heterocycles. The van der Waals surface area contributed by atoms with Gasteiger partial charge in [-0.3, -0.25) is 4.99 Å². The monoisotopic (exact) mass is 352 g/mol. The number of nitrogens with zero attached hydrogens (tertiary/aromatic N) is 2. The van der Waals surface area contributed by atoms with Crippen LogP contribution in [0.1, 0.15) is 50.3 Å². The normalized spacial score (nSPS) is 13.7. The van der Waals surface area contributed by atoms with Gasteiger partial charge in [-0.15, -0.1) is 0 Å². The van der Waals surface area contributed by atoms with E-state index in [4.69, 9.17) is 14.5 Å². The SMILES string of the molecule is COc1cc2c(cc1OC)N(C(C)C)CN=C2c1ccc(C(C)C)cc1. The number of methoxy groups -OCH3 is 2. The number of anilines is 1. The van der Waals surface area contributed by atoms with Crippen molar-refractivity contribution >= 4 is 11.4 Å². The summed E-state index contributed by atoms with van der Waals surface area (Å²) in [5.41, 5.74) is 5.69. The summed E-state index contributed by atoms with van der Waals surface area (Å²) < 4.78 is 11.1. The van der Waals surface area contributed by atoms with Crippen molar-refractivity contribution in [3.05, 3.63) is 53.1 Å². The molecule has 2 aromatic rings. The number of ether oxygens (including phenoxy) is 2. The van der Waals surface area contributed by atoms with Crippen LogP contribution in [0.15, 0.2) is 41.4 Å². The van der Waals surface area contributed by atoms with Gasteiger partial charge >= 0.3 is 0 Å². The van der Waals surface area contributed by atoms with Crippen LogP contribution in [-0.2, 0) is 0 Å². The number of fused-ring (bicyclic) bond motifs is 1. The van der Waals surface area contributed by atoms with Gasteiger partial charge in [-0.05, 0) is 31.4 Å². The number of aliphatic imine (C=N–C) groups is 1. The Morgan fingerprint density at radius 3 is 2.08 bits per heavy atom. The fraction of sp³-hybridized carbons (Fsp3) is 0.409. The van der Waals surface area contributed by atoms with Crippen molar-refractivity contribution in [2.45, 2.75) is 39.7 Å². The van der Waals surface area contributed by atoms with E-state index in [9.17, 15) is 0 Å². The van der Waals surface area contributed by atoms with Crippen LogP contribution < -0.4 is 14.4 Å². The van der Waals surface area contributed by atoms with E-state index in [2.05, 4.69) is 62.9 Å². The third kappa shape index (κ3) is 3.28. The highest BCUT2D eigenvalue weighted by atomic mass is 16.5. The Balaban J connectivity index is 2.12. The number of hydrogen-bond acceptors (Lipinski definition) is 4. The maximum absolute atomic E-state index is 5.53. The van der Waals surface area contributed by atoms with Gasteiger partial charge in [0.15, 0.2) is 11.5 Å². The lowest BCUT2D eigenvalue weighted by Gasteiger charge is -2.34. The largest absolute Gasteiger partial charge is 0.493 e. The van der Waals surface area contributed by atoms with Crippen molar-refractivity contribution < 1.29 is 9.47 Å². The van der Waals surface area contributed by atoms with Crippen molar-refractivity contribution in [3.63, 3.8) is 0 Å². The molecule has 4 nitrogen and oxygen atoms in total. The Bertz CT molecular complexity index is 808. The Kier molecular flexibility index (Phi) is 5.21. The van der Waals surface area contributed by atoms with Crippen LogP contribution in [0, 0.1) is 0 Å². The van der Waals surface area contributed by atoms with Crippen LogP contribution in [0.2, 0.25) is 0 Å². The standard InChI is InChI=1S/C22H28N2O2/c1-14(2)16-7-9-17(10-8-16)22-18-11-20(25-5)21(26-6)12-19(18)24(13-23-22)15(3)4/h7-12,14-15H,13H2,1-6H3. The van der Waals surface area contributed by atoms with E-state index >= 15 is 0 Å². The van der Waals surface area contributed by atoms with E-state index in [1.54, 1.807) is 14.2 Å². The highest BCUT2D eigenvalue weighted by Gasteiger charge is 2.25. The summed E-state index contributed by atoms with van der Waals surface area (Å²) in [6.07, 6.45) is 0. The second-order valence-electron chi connectivity index (χ2n) is 7.21. The molecule has 4 heteroatoms. The number of benzene rings is 2. The third-order valence-corrected chi connectivity index (χ3v) is 4.92. The summed E-state index contributed by atoms with van der Waals surface area (Å²) in [5.74, 6) is 1.99. The maximum Gasteiger partial charge on any atom is 0.162 e. The molecular weight excluding hydrogens is 324 g/mol. The van der Waals surface area contributed by atoms with Crippen molar-refractivity contribution in [3.8, 4) is 11.5 Å². The first-order valence-electron chi connectivity index (χ1n) is 9.14. The molecule has 1 aliphatic rings. The van der Waals surface area contributed by atoms with Crippen molar-refractivity contribution in [2.24, 2.45) is 4.99 Å². The molecule has 0 spiro atoms. The van der Waals surface area contributed by atoms with E-state index in [1.165, 1.54) is 5.56 Å². The molecule has 26 heavy (non-hydrogen) atoms. The summed E-state index contributed by atoms with van der Waals surface area (Å²) in [6.45, 7) is 9.42. The van der Waals surface area contributed by atoms with Gasteiger partial charge in [0, 0.05) is 23.2 Å². The first-order valence-corrected chi connectivity index (χ1v) is 9.14. The molecule has 138 valence electrons. The topological polar surface area (TPSA) is 34.1 Å². The van der Waals surface area contributed by atoms with Crippen molar-refractivity contribution in [1.29, 1.82) is 0 Å². The molecule has 0 N–H and O–H groups in total. The lowest BCUT2D eigenvalue weighted by molar-refractivity contribution is 0.355. The predicted molar refractivity (Wildman–Crippen MR) is 108 cm³/mol. The van der Waals surface area contributed by atoms with Crippen LogP contribution >= 0.6 is 0 Å². The molecule has 2 aromatic carbocycles. The summed E-state index contributed by atoms with van der Waals surface area (Å²) in [6, 6.07) is 13.2. The Labute approximate surface area is 156 Å². The van der Waals surface area contributed by atoms with Gasteiger partial charge in [0.05, 0.1) is 25.6 Å². The Hall–Kier alpha value is -2.49. The molecule has 1 aliphatic heterocycles. The molecule has 3 rings (SSSR count). The highest BCUT2D eigenvalue weighted by molar-refractivity contribution is 6.17. The van der Waals surface area contributed by atoms with E-state index < -0.39 is 0 Å². The molecule has 0 fully saturated rings. The summed E-state index contributed by atoms with van der Waals surface area (Å²) in [5, 5.41) is 0. The fourth-order valence-corrected chi connectivity index (χ4v) is 3.32. The first-order chi connectivity index (χ1) is 12.5. The summed E-state index contributed by atoms with van der Waals surface area (Å²) >= 11 is 0. The van der Waals surface area contributed by atoms with Gasteiger partial charge in [-0.1, -0.05) is 38.1 Å². The quantitative estimate of drug-likeness (QED) is 0.771. The van der Waals surface area contributed by atoms with Gasteiger partial charge in [0.25, 0.3) is 0 Å². The molecule has 0 atom stereocenters. The zero-order valence-corrected chi connectivity index (χ0v) is 16.5. The molecule has 0 amide bonds. The molecular formula is C22H28N2O2. The zero-order chi connectivity index (χ0) is 18.8. The Morgan fingerprint density at radius 1 is 0.923 bits per heavy atom. The van der Waals surface area contributed by atoms with Crippen molar-refractivity contribution in [2.75, 3.05) is 25.8 Å². The second-order valence-corrected chi connectivity index (χ2v) is 7.21. The lowest BCUT2D eigenvalue weighted by atomic mass is 9.95. The minimum absolute atomic E-state index is 0.348. The average Bonchev–Trinajstić information content (AvgIpc) is 2.65. The highest BCUT2D eigenvalue weighted by Crippen LogP contribution is 2.39. The first kappa shape index (κ1) is 18.3. The van der Waals surface area contributed by atoms with E-state index in [0.29, 0.717) is 18.6 Å². The molecule has 0 aliphatic carbocycles. The average molecular weight is 352 g/mol. The molecule has 1 heterocycles. The second kappa shape index (κ2) is 7.40. The fourth-order valence-electron chi connectivity index (χ4n) is 3.32. The molecule has 0 radical (unpaired) electrons. The lowest BCUT2D eigenvalue weighted by Crippen LogP contribution is -2.35. The van der Waals surface area contributed by atoms with Crippen LogP contribution in [-0.4, -0.2) is 32.6 Å². The van der Waals surface area contributed by atoms with Gasteiger partial charge in [-0.2, -0.15) is 0 Å². The Morgan fingerprint density at radius 2 is 1.54 bits per heavy atom. The predicted octanol–water partition coefficient (Wildman–Crippen LogP) is 4.85. The van der Waals surface area contributed by atoms with Gasteiger partial charge in [-0.25, -0.2) is 0 Å². The van der Waals surface area contributed by atoms with E-state index in [-0.39, 0.29) is 0 Å². The van der Waals surface area contributed by atoms with Gasteiger partial charge in [0.1, 0.15) is 6.67 Å². The van der Waals surface area contributed by atoms with Crippen molar-refractivity contribution in [1.82, 2.24) is 0 Å². The zero-order valence-electron chi connectivity index (χ0n) is 16.5. The van der Waals surface area contributed by atoms with Crippen LogP contribution in [0.4, 0.5) is 5.69 Å². The van der Waals surface area contributed by atoms with Crippen LogP contribution in [0.3, 0.4) is 0 Å². The van der Waals surface area contributed by atoms with E-state index in [0.717, 1.165) is 34.0 Å².